The fourth-order valence-corrected chi connectivity index (χ4v) is 1.47. The lowest BCUT2D eigenvalue weighted by Gasteiger charge is -1.95. The smallest absolute Gasteiger partial charge is 0.0850 e. The van der Waals surface area contributed by atoms with E-state index in [1.807, 2.05) is 30.2 Å². The van der Waals surface area contributed by atoms with Crippen LogP contribution in [0.1, 0.15) is 5.69 Å². The number of hydrogen-bond acceptors (Lipinski definition) is 2. The molecule has 0 saturated carbocycles. The van der Waals surface area contributed by atoms with Gasteiger partial charge in [-0.1, -0.05) is 0 Å². The van der Waals surface area contributed by atoms with Crippen molar-refractivity contribution in [1.82, 2.24) is 19.6 Å². The zero-order valence-corrected chi connectivity index (χ0v) is 8.77. The molecule has 0 aliphatic rings. The molecule has 13 heavy (non-hydrogen) atoms. The van der Waals surface area contributed by atoms with Gasteiger partial charge >= 0.3 is 0 Å². The van der Waals surface area contributed by atoms with Crippen LogP contribution in [0.3, 0.4) is 0 Å². The third-order valence-electron chi connectivity index (χ3n) is 1.69. The lowest BCUT2D eigenvalue weighted by Crippen LogP contribution is -2.01. The fourth-order valence-electron chi connectivity index (χ4n) is 1.14. The summed E-state index contributed by atoms with van der Waals surface area (Å²) in [5.74, 6) is 0. The Morgan fingerprint density at radius 2 is 2.38 bits per heavy atom. The molecule has 2 rings (SSSR count). The molecule has 2 heterocycles. The Bertz CT molecular complexity index is 365. The van der Waals surface area contributed by atoms with Crippen LogP contribution in [0.4, 0.5) is 0 Å². The molecule has 0 aliphatic carbocycles. The first kappa shape index (κ1) is 8.50. The Balaban J connectivity index is 2.14. The maximum atomic E-state index is 4.26. The molecular weight excluding hydrogens is 232 g/mol. The summed E-state index contributed by atoms with van der Waals surface area (Å²) in [4.78, 5) is 0. The van der Waals surface area contributed by atoms with Crippen LogP contribution in [-0.2, 0) is 13.6 Å². The lowest BCUT2D eigenvalue weighted by molar-refractivity contribution is 0.650. The van der Waals surface area contributed by atoms with Gasteiger partial charge in [0, 0.05) is 19.4 Å². The summed E-state index contributed by atoms with van der Waals surface area (Å²) in [6, 6.07) is 1.98. The summed E-state index contributed by atoms with van der Waals surface area (Å²) in [7, 11) is 1.91. The summed E-state index contributed by atoms with van der Waals surface area (Å²) in [5, 5.41) is 8.40. The summed E-state index contributed by atoms with van der Waals surface area (Å²) in [6.45, 7) is 0.715. The Morgan fingerprint density at radius 1 is 1.54 bits per heavy atom. The number of rotatable bonds is 2. The summed E-state index contributed by atoms with van der Waals surface area (Å²) in [5.41, 5.74) is 1.01. The molecule has 0 aliphatic heterocycles. The molecule has 0 N–H and O–H groups in total. The molecule has 0 fully saturated rings. The number of aryl methyl sites for hydroxylation is 1. The zero-order chi connectivity index (χ0) is 9.26. The largest absolute Gasteiger partial charge is 0.275 e. The topological polar surface area (TPSA) is 35.6 Å². The normalized spacial score (nSPS) is 10.6. The van der Waals surface area contributed by atoms with E-state index in [9.17, 15) is 0 Å². The standard InChI is InChI=1S/C8H9BrN4/c1-12-3-2-8(11-12)6-13-5-7(9)4-10-13/h2-5H,6H2,1H3. The van der Waals surface area contributed by atoms with Crippen molar-refractivity contribution in [3.63, 3.8) is 0 Å². The van der Waals surface area contributed by atoms with E-state index < -0.39 is 0 Å². The summed E-state index contributed by atoms with van der Waals surface area (Å²) in [6.07, 6.45) is 5.62. The van der Waals surface area contributed by atoms with Gasteiger partial charge in [0.25, 0.3) is 0 Å². The van der Waals surface area contributed by atoms with Crippen molar-refractivity contribution in [3.8, 4) is 0 Å². The molecule has 0 spiro atoms. The average Bonchev–Trinajstić information content (AvgIpc) is 2.62. The van der Waals surface area contributed by atoms with Crippen LogP contribution in [-0.4, -0.2) is 19.6 Å². The Kier molecular flexibility index (Phi) is 2.18. The van der Waals surface area contributed by atoms with Crippen molar-refractivity contribution >= 4 is 15.9 Å². The molecule has 0 amide bonds. The average molecular weight is 241 g/mol. The van der Waals surface area contributed by atoms with E-state index in [0.717, 1.165) is 10.2 Å². The van der Waals surface area contributed by atoms with E-state index in [0.29, 0.717) is 6.54 Å². The number of nitrogens with zero attached hydrogens (tertiary/aromatic N) is 4. The highest BCUT2D eigenvalue weighted by Crippen LogP contribution is 2.07. The second kappa shape index (κ2) is 3.33. The fraction of sp³-hybridized carbons (Fsp3) is 0.250. The van der Waals surface area contributed by atoms with E-state index in [2.05, 4.69) is 26.1 Å². The first-order valence-corrected chi connectivity index (χ1v) is 4.70. The highest BCUT2D eigenvalue weighted by atomic mass is 79.9. The first-order chi connectivity index (χ1) is 6.24. The quantitative estimate of drug-likeness (QED) is 0.797. The molecular formula is C8H9BrN4. The molecule has 68 valence electrons. The summed E-state index contributed by atoms with van der Waals surface area (Å²) >= 11 is 3.34. The van der Waals surface area contributed by atoms with Crippen molar-refractivity contribution in [2.24, 2.45) is 7.05 Å². The number of halogens is 1. The third kappa shape index (κ3) is 1.98. The van der Waals surface area contributed by atoms with Gasteiger partial charge in [-0.3, -0.25) is 9.36 Å². The van der Waals surface area contributed by atoms with Crippen molar-refractivity contribution < 1.29 is 0 Å². The maximum absolute atomic E-state index is 4.26. The van der Waals surface area contributed by atoms with Crippen LogP contribution in [0.25, 0.3) is 0 Å². The van der Waals surface area contributed by atoms with Crippen LogP contribution < -0.4 is 0 Å². The van der Waals surface area contributed by atoms with Crippen molar-refractivity contribution in [2.75, 3.05) is 0 Å². The zero-order valence-electron chi connectivity index (χ0n) is 7.18. The molecule has 0 radical (unpaired) electrons. The lowest BCUT2D eigenvalue weighted by atomic mass is 10.4. The minimum absolute atomic E-state index is 0.715. The molecule has 2 aromatic heterocycles. The van der Waals surface area contributed by atoms with Gasteiger partial charge in [-0.15, -0.1) is 0 Å². The van der Waals surface area contributed by atoms with Crippen molar-refractivity contribution in [3.05, 3.63) is 34.8 Å². The van der Waals surface area contributed by atoms with Gasteiger partial charge in [-0.25, -0.2) is 0 Å². The molecule has 0 atom stereocenters. The highest BCUT2D eigenvalue weighted by molar-refractivity contribution is 9.10. The van der Waals surface area contributed by atoms with Crippen LogP contribution in [0.2, 0.25) is 0 Å². The van der Waals surface area contributed by atoms with Crippen LogP contribution >= 0.6 is 15.9 Å². The highest BCUT2D eigenvalue weighted by Gasteiger charge is 1.99. The van der Waals surface area contributed by atoms with Gasteiger partial charge in [0.1, 0.15) is 0 Å². The van der Waals surface area contributed by atoms with Crippen molar-refractivity contribution in [2.45, 2.75) is 6.54 Å². The van der Waals surface area contributed by atoms with E-state index >= 15 is 0 Å². The molecule has 5 heteroatoms. The summed E-state index contributed by atoms with van der Waals surface area (Å²) < 4.78 is 4.61. The Labute approximate surface area is 84.3 Å². The molecule has 0 aromatic carbocycles. The Morgan fingerprint density at radius 3 is 2.92 bits per heavy atom. The van der Waals surface area contributed by atoms with E-state index in [1.165, 1.54) is 0 Å². The van der Waals surface area contributed by atoms with E-state index in [1.54, 1.807) is 10.9 Å². The van der Waals surface area contributed by atoms with Gasteiger partial charge in [0.15, 0.2) is 0 Å². The van der Waals surface area contributed by atoms with Crippen LogP contribution in [0.15, 0.2) is 29.1 Å². The van der Waals surface area contributed by atoms with E-state index in [-0.39, 0.29) is 0 Å². The van der Waals surface area contributed by atoms with E-state index in [4.69, 9.17) is 0 Å². The third-order valence-corrected chi connectivity index (χ3v) is 2.10. The van der Waals surface area contributed by atoms with Crippen LogP contribution in [0.5, 0.6) is 0 Å². The number of aromatic nitrogens is 4. The number of hydrogen-bond donors (Lipinski definition) is 0. The van der Waals surface area contributed by atoms with Gasteiger partial charge in [-0.2, -0.15) is 10.2 Å². The van der Waals surface area contributed by atoms with Gasteiger partial charge in [0.2, 0.25) is 0 Å². The van der Waals surface area contributed by atoms with Gasteiger partial charge in [-0.05, 0) is 22.0 Å². The molecule has 2 aromatic rings. The van der Waals surface area contributed by atoms with Gasteiger partial charge in [0.05, 0.1) is 22.9 Å². The Hall–Kier alpha value is -1.10. The van der Waals surface area contributed by atoms with Gasteiger partial charge < -0.3 is 0 Å². The second-order valence-electron chi connectivity index (χ2n) is 2.84. The maximum Gasteiger partial charge on any atom is 0.0850 e. The minimum Gasteiger partial charge on any atom is -0.275 e. The second-order valence-corrected chi connectivity index (χ2v) is 3.75. The molecule has 4 nitrogen and oxygen atoms in total. The molecule has 0 bridgehead atoms. The van der Waals surface area contributed by atoms with Crippen LogP contribution in [0, 0.1) is 0 Å². The molecule has 0 unspecified atom stereocenters. The minimum atomic E-state index is 0.715. The first-order valence-electron chi connectivity index (χ1n) is 3.90. The predicted molar refractivity (Wildman–Crippen MR) is 52.2 cm³/mol. The molecule has 0 saturated heterocycles. The van der Waals surface area contributed by atoms with Crippen molar-refractivity contribution in [1.29, 1.82) is 0 Å². The predicted octanol–water partition coefficient (Wildman–Crippen LogP) is 1.43. The SMILES string of the molecule is Cn1ccc(Cn2cc(Br)cn2)n1. The monoisotopic (exact) mass is 240 g/mol.